The lowest BCUT2D eigenvalue weighted by atomic mass is 10.3. The van der Waals surface area contributed by atoms with Gasteiger partial charge in [-0.1, -0.05) is 12.0 Å². The monoisotopic (exact) mass is 318 g/mol. The van der Waals surface area contributed by atoms with Gasteiger partial charge in [0.15, 0.2) is 5.75 Å². The Morgan fingerprint density at radius 2 is 2.27 bits per heavy atom. The summed E-state index contributed by atoms with van der Waals surface area (Å²) in [6.07, 6.45) is 1.43. The third-order valence-corrected chi connectivity index (χ3v) is 2.94. The van der Waals surface area contributed by atoms with E-state index in [0.717, 1.165) is 4.90 Å². The van der Waals surface area contributed by atoms with Crippen LogP contribution in [0.15, 0.2) is 45.9 Å². The number of nitrogens with zero attached hydrogens (tertiary/aromatic N) is 1. The maximum atomic E-state index is 10.8. The smallest absolute Gasteiger partial charge is 0.339 e. The number of hydrogen-bond donors (Lipinski definition) is 3. The third kappa shape index (κ3) is 3.97. The first-order valence-corrected chi connectivity index (χ1v) is 6.75. The lowest BCUT2D eigenvalue weighted by Gasteiger charge is -2.14. The van der Waals surface area contributed by atoms with Crippen molar-refractivity contribution in [1.29, 1.82) is 0 Å². The molecule has 0 saturated heterocycles. The molecular weight excluding hydrogens is 304 g/mol. The fourth-order valence-electron chi connectivity index (χ4n) is 1.57. The van der Waals surface area contributed by atoms with E-state index in [2.05, 4.69) is 24.5 Å². The van der Waals surface area contributed by atoms with E-state index in [1.165, 1.54) is 13.2 Å². The fourth-order valence-corrected chi connectivity index (χ4v) is 1.78. The van der Waals surface area contributed by atoms with Crippen molar-refractivity contribution < 1.29 is 19.2 Å². The summed E-state index contributed by atoms with van der Waals surface area (Å²) in [7, 11) is 0. The number of benzene rings is 1. The molecule has 0 fully saturated rings. The van der Waals surface area contributed by atoms with E-state index < -0.39 is 12.1 Å². The predicted octanol–water partition coefficient (Wildman–Crippen LogP) is 2.87. The Morgan fingerprint density at radius 1 is 1.50 bits per heavy atom. The normalized spacial score (nSPS) is 11.2. The van der Waals surface area contributed by atoms with Crippen LogP contribution in [0, 0.1) is 11.8 Å². The van der Waals surface area contributed by atoms with E-state index >= 15 is 0 Å². The van der Waals surface area contributed by atoms with Crippen LogP contribution in [0.5, 0.6) is 11.5 Å². The number of nitrogens with two attached hydrogens (primary N) is 1. The Labute approximate surface area is 132 Å². The molecule has 7 heteroatoms. The van der Waals surface area contributed by atoms with Gasteiger partial charge < -0.3 is 14.9 Å². The van der Waals surface area contributed by atoms with Crippen LogP contribution < -0.4 is 10.5 Å². The van der Waals surface area contributed by atoms with Crippen LogP contribution in [0.3, 0.4) is 0 Å². The van der Waals surface area contributed by atoms with Crippen molar-refractivity contribution in [3.63, 3.8) is 0 Å². The summed E-state index contributed by atoms with van der Waals surface area (Å²) < 4.78 is 10.9. The third-order valence-electron chi connectivity index (χ3n) is 2.66. The maximum absolute atomic E-state index is 10.8. The molecule has 0 spiro atoms. The second-order valence-electron chi connectivity index (χ2n) is 4.34. The molecule has 1 unspecified atom stereocenters. The fraction of sp³-hybridized carbons (Fsp3) is 0.133. The van der Waals surface area contributed by atoms with Crippen molar-refractivity contribution in [3.05, 3.63) is 42.4 Å². The average Bonchev–Trinajstić information content (AvgIpc) is 2.91. The number of hydroxylamine groups is 2. The van der Waals surface area contributed by atoms with Crippen molar-refractivity contribution in [1.82, 2.24) is 5.06 Å². The molecule has 0 aliphatic heterocycles. The molecule has 6 nitrogen and oxygen atoms in total. The number of urea groups is 1. The average molecular weight is 318 g/mol. The minimum Gasteiger partial charge on any atom is -0.453 e. The van der Waals surface area contributed by atoms with E-state index in [1.807, 2.05) is 12.1 Å². The highest BCUT2D eigenvalue weighted by Crippen LogP contribution is 2.27. The van der Waals surface area contributed by atoms with E-state index in [9.17, 15) is 10.0 Å². The van der Waals surface area contributed by atoms with Crippen molar-refractivity contribution in [2.75, 3.05) is 0 Å². The van der Waals surface area contributed by atoms with E-state index in [4.69, 9.17) is 14.9 Å². The van der Waals surface area contributed by atoms with Crippen molar-refractivity contribution >= 4 is 18.7 Å². The molecule has 1 heterocycles. The summed E-state index contributed by atoms with van der Waals surface area (Å²) in [5, 5.41) is 9.68. The Morgan fingerprint density at radius 3 is 2.95 bits per heavy atom. The lowest BCUT2D eigenvalue weighted by Crippen LogP contribution is -2.38. The molecule has 2 rings (SSSR count). The molecular formula is C15H14N2O4S. The van der Waals surface area contributed by atoms with Crippen LogP contribution in [0.25, 0.3) is 0 Å². The second-order valence-corrected chi connectivity index (χ2v) is 4.86. The number of carbonyl (C=O) groups excluding carboxylic acids is 1. The Hall–Kier alpha value is -2.56. The van der Waals surface area contributed by atoms with Crippen LogP contribution in [-0.2, 0) is 0 Å². The topological polar surface area (TPSA) is 88.9 Å². The number of hydrogen-bond acceptors (Lipinski definition) is 5. The molecule has 0 radical (unpaired) electrons. The zero-order valence-electron chi connectivity index (χ0n) is 11.7. The minimum absolute atomic E-state index is 0.272. The van der Waals surface area contributed by atoms with E-state index in [-0.39, 0.29) is 5.76 Å². The van der Waals surface area contributed by atoms with Gasteiger partial charge in [-0.3, -0.25) is 5.21 Å². The number of rotatable bonds is 3. The number of amides is 2. The Bertz CT molecular complexity index is 732. The van der Waals surface area contributed by atoms with Gasteiger partial charge in [-0.2, -0.15) is 5.06 Å². The van der Waals surface area contributed by atoms with Crippen LogP contribution in [0.2, 0.25) is 0 Å². The second kappa shape index (κ2) is 6.93. The molecule has 3 N–H and O–H groups in total. The largest absolute Gasteiger partial charge is 0.453 e. The summed E-state index contributed by atoms with van der Waals surface area (Å²) in [5.41, 5.74) is 4.95. The van der Waals surface area contributed by atoms with Gasteiger partial charge in [0, 0.05) is 11.0 Å². The van der Waals surface area contributed by atoms with Crippen LogP contribution in [0.4, 0.5) is 4.79 Å². The minimum atomic E-state index is -0.983. The molecule has 1 aromatic heterocycles. The Kier molecular flexibility index (Phi) is 4.99. The van der Waals surface area contributed by atoms with Crippen LogP contribution >= 0.6 is 12.6 Å². The van der Waals surface area contributed by atoms with Crippen molar-refractivity contribution in [2.45, 2.75) is 17.9 Å². The van der Waals surface area contributed by atoms with Crippen LogP contribution in [0.1, 0.15) is 12.7 Å². The molecule has 0 bridgehead atoms. The zero-order chi connectivity index (χ0) is 16.1. The van der Waals surface area contributed by atoms with Gasteiger partial charge in [0.1, 0.15) is 11.8 Å². The molecule has 0 aliphatic carbocycles. The molecule has 1 atom stereocenters. The molecule has 0 saturated carbocycles. The standard InChI is InChI=1S/C15H14N2O4S/c1-10(17(19)15(16)18)5-6-13-14(7-8-20-13)21-11-3-2-4-12(22)9-11/h2-4,7-10,19,22H,1H3,(H2,16,18). The first-order chi connectivity index (χ1) is 10.5. The first-order valence-electron chi connectivity index (χ1n) is 6.31. The molecule has 114 valence electrons. The maximum Gasteiger partial charge on any atom is 0.339 e. The first kappa shape index (κ1) is 15.8. The quantitative estimate of drug-likeness (QED) is 0.351. The molecule has 22 heavy (non-hydrogen) atoms. The highest BCUT2D eigenvalue weighted by Gasteiger charge is 2.13. The predicted molar refractivity (Wildman–Crippen MR) is 82.0 cm³/mol. The van der Waals surface area contributed by atoms with Gasteiger partial charge in [-0.25, -0.2) is 4.79 Å². The van der Waals surface area contributed by atoms with Gasteiger partial charge in [0.2, 0.25) is 5.76 Å². The molecule has 2 amide bonds. The van der Waals surface area contributed by atoms with Crippen molar-refractivity contribution in [2.24, 2.45) is 5.73 Å². The summed E-state index contributed by atoms with van der Waals surface area (Å²) >= 11 is 4.23. The van der Waals surface area contributed by atoms with Gasteiger partial charge in [-0.05, 0) is 31.0 Å². The van der Waals surface area contributed by atoms with Gasteiger partial charge in [-0.15, -0.1) is 12.6 Å². The highest BCUT2D eigenvalue weighted by atomic mass is 32.1. The van der Waals surface area contributed by atoms with Gasteiger partial charge in [0.05, 0.1) is 6.26 Å². The number of furan rings is 1. The van der Waals surface area contributed by atoms with Crippen molar-refractivity contribution in [3.8, 4) is 23.3 Å². The summed E-state index contributed by atoms with van der Waals surface area (Å²) in [4.78, 5) is 11.6. The zero-order valence-corrected chi connectivity index (χ0v) is 12.6. The molecule has 0 aliphatic rings. The molecule has 2 aromatic rings. The lowest BCUT2D eigenvalue weighted by molar-refractivity contribution is -0.0536. The van der Waals surface area contributed by atoms with Gasteiger partial charge >= 0.3 is 6.03 Å². The van der Waals surface area contributed by atoms with E-state index in [0.29, 0.717) is 16.6 Å². The van der Waals surface area contributed by atoms with E-state index in [1.54, 1.807) is 18.2 Å². The van der Waals surface area contributed by atoms with Crippen LogP contribution in [-0.4, -0.2) is 22.3 Å². The molecule has 1 aromatic carbocycles. The highest BCUT2D eigenvalue weighted by molar-refractivity contribution is 7.80. The number of primary amides is 1. The summed E-state index contributed by atoms with van der Waals surface area (Å²) in [6, 6.07) is 7.01. The Balaban J connectivity index is 2.15. The number of thiol groups is 1. The number of carbonyl (C=O) groups is 1. The summed E-state index contributed by atoms with van der Waals surface area (Å²) in [6.45, 7) is 1.52. The number of ether oxygens (including phenoxy) is 1. The SMILES string of the molecule is CC(C#Cc1occc1Oc1cccc(S)c1)N(O)C(N)=O. The van der Waals surface area contributed by atoms with Gasteiger partial charge in [0.25, 0.3) is 0 Å². The summed E-state index contributed by atoms with van der Waals surface area (Å²) in [5.74, 6) is 6.61.